The molecule has 1 aliphatic carbocycles. The Labute approximate surface area is 127 Å². The van der Waals surface area contributed by atoms with Crippen molar-refractivity contribution in [3.05, 3.63) is 0 Å². The largest absolute Gasteiger partial charge is 0.378 e. The van der Waals surface area contributed by atoms with Gasteiger partial charge in [-0.15, -0.1) is 0 Å². The highest BCUT2D eigenvalue weighted by Gasteiger charge is 2.19. The predicted octanol–water partition coefficient (Wildman–Crippen LogP) is 1.74. The Hall–Kier alpha value is -0.650. The van der Waals surface area contributed by atoms with E-state index in [1.807, 2.05) is 0 Å². The van der Waals surface area contributed by atoms with Gasteiger partial charge in [0, 0.05) is 32.2 Å². The van der Waals surface area contributed by atoms with E-state index in [2.05, 4.69) is 5.32 Å². The summed E-state index contributed by atoms with van der Waals surface area (Å²) in [6, 6.07) is 0.369. The van der Waals surface area contributed by atoms with Crippen LogP contribution in [0.25, 0.3) is 0 Å². The summed E-state index contributed by atoms with van der Waals surface area (Å²) in [6.45, 7) is 2.29. The van der Waals surface area contributed by atoms with Gasteiger partial charge in [0.05, 0.1) is 12.2 Å². The molecule has 0 spiro atoms. The van der Waals surface area contributed by atoms with Crippen molar-refractivity contribution in [1.29, 1.82) is 0 Å². The van der Waals surface area contributed by atoms with Crippen LogP contribution in [0, 0.1) is 0 Å². The summed E-state index contributed by atoms with van der Waals surface area (Å²) >= 11 is 0. The van der Waals surface area contributed by atoms with Crippen LogP contribution in [0.5, 0.6) is 0 Å². The average Bonchev–Trinajstić information content (AvgIpc) is 3.00. The second kappa shape index (κ2) is 9.38. The Morgan fingerprint density at radius 3 is 2.76 bits per heavy atom. The third kappa shape index (κ3) is 6.76. The van der Waals surface area contributed by atoms with Crippen molar-refractivity contribution in [3.8, 4) is 0 Å². The Kier molecular flexibility index (Phi) is 7.47. The standard InChI is InChI=1S/C16H30N2O3/c17-13-4-6-15(7-5-13)21-12-2-10-18-16(19)9-8-14-3-1-11-20-14/h13-15H,1-12,17H2,(H,18,19). The molecule has 0 aromatic carbocycles. The third-order valence-corrected chi connectivity index (χ3v) is 4.43. The number of rotatable bonds is 8. The van der Waals surface area contributed by atoms with Gasteiger partial charge in [-0.05, 0) is 51.4 Å². The number of carbonyl (C=O) groups is 1. The molecule has 1 amide bonds. The summed E-state index contributed by atoms with van der Waals surface area (Å²) < 4.78 is 11.3. The summed E-state index contributed by atoms with van der Waals surface area (Å²) in [6.07, 6.45) is 9.53. The van der Waals surface area contributed by atoms with E-state index in [1.54, 1.807) is 0 Å². The summed E-state index contributed by atoms with van der Waals surface area (Å²) in [5, 5.41) is 2.96. The summed E-state index contributed by atoms with van der Waals surface area (Å²) in [5.74, 6) is 0.133. The fraction of sp³-hybridized carbons (Fsp3) is 0.938. The van der Waals surface area contributed by atoms with Gasteiger partial charge in [-0.2, -0.15) is 0 Å². The van der Waals surface area contributed by atoms with Gasteiger partial charge < -0.3 is 20.5 Å². The van der Waals surface area contributed by atoms with Crippen molar-refractivity contribution in [2.75, 3.05) is 19.8 Å². The zero-order valence-electron chi connectivity index (χ0n) is 13.0. The molecule has 0 radical (unpaired) electrons. The number of carbonyl (C=O) groups excluding carboxylic acids is 1. The minimum absolute atomic E-state index is 0.133. The average molecular weight is 298 g/mol. The third-order valence-electron chi connectivity index (χ3n) is 4.43. The fourth-order valence-corrected chi connectivity index (χ4v) is 3.06. The zero-order valence-corrected chi connectivity index (χ0v) is 13.0. The predicted molar refractivity (Wildman–Crippen MR) is 82.0 cm³/mol. The van der Waals surface area contributed by atoms with Crippen LogP contribution in [0.1, 0.15) is 57.8 Å². The number of nitrogens with two attached hydrogens (primary N) is 1. The number of nitrogens with one attached hydrogen (secondary N) is 1. The first kappa shape index (κ1) is 16.7. The van der Waals surface area contributed by atoms with E-state index in [0.29, 0.717) is 31.2 Å². The molecule has 2 rings (SSSR count). The smallest absolute Gasteiger partial charge is 0.220 e. The number of hydrogen-bond acceptors (Lipinski definition) is 4. The summed E-state index contributed by atoms with van der Waals surface area (Å²) in [7, 11) is 0. The first-order chi connectivity index (χ1) is 10.2. The van der Waals surface area contributed by atoms with Crippen LogP contribution >= 0.6 is 0 Å². The molecule has 0 aromatic heterocycles. The van der Waals surface area contributed by atoms with Crippen molar-refractivity contribution < 1.29 is 14.3 Å². The van der Waals surface area contributed by atoms with Gasteiger partial charge in [0.2, 0.25) is 5.91 Å². The Balaban J connectivity index is 1.41. The quantitative estimate of drug-likeness (QED) is 0.669. The van der Waals surface area contributed by atoms with Gasteiger partial charge in [0.25, 0.3) is 0 Å². The topological polar surface area (TPSA) is 73.6 Å². The van der Waals surface area contributed by atoms with E-state index in [9.17, 15) is 4.79 Å². The molecule has 1 saturated carbocycles. The highest BCUT2D eigenvalue weighted by molar-refractivity contribution is 5.75. The molecule has 1 unspecified atom stereocenters. The molecule has 1 heterocycles. The van der Waals surface area contributed by atoms with Crippen LogP contribution in [0.15, 0.2) is 0 Å². The van der Waals surface area contributed by atoms with E-state index in [4.69, 9.17) is 15.2 Å². The van der Waals surface area contributed by atoms with Crippen molar-refractivity contribution in [2.45, 2.75) is 76.0 Å². The maximum Gasteiger partial charge on any atom is 0.220 e. The van der Waals surface area contributed by atoms with E-state index in [-0.39, 0.29) is 5.91 Å². The second-order valence-corrected chi connectivity index (χ2v) is 6.28. The lowest BCUT2D eigenvalue weighted by Crippen LogP contribution is -2.31. The molecule has 0 bridgehead atoms. The van der Waals surface area contributed by atoms with E-state index >= 15 is 0 Å². The monoisotopic (exact) mass is 298 g/mol. The minimum Gasteiger partial charge on any atom is -0.378 e. The lowest BCUT2D eigenvalue weighted by Gasteiger charge is -2.26. The second-order valence-electron chi connectivity index (χ2n) is 6.28. The lowest BCUT2D eigenvalue weighted by molar-refractivity contribution is -0.121. The fourth-order valence-electron chi connectivity index (χ4n) is 3.06. The van der Waals surface area contributed by atoms with Crippen LogP contribution in [-0.2, 0) is 14.3 Å². The van der Waals surface area contributed by atoms with Crippen LogP contribution in [0.2, 0.25) is 0 Å². The van der Waals surface area contributed by atoms with Crippen LogP contribution in [0.4, 0.5) is 0 Å². The highest BCUT2D eigenvalue weighted by Crippen LogP contribution is 2.19. The first-order valence-corrected chi connectivity index (χ1v) is 8.49. The first-order valence-electron chi connectivity index (χ1n) is 8.49. The van der Waals surface area contributed by atoms with E-state index in [0.717, 1.165) is 64.6 Å². The highest BCUT2D eigenvalue weighted by atomic mass is 16.5. The molecule has 2 fully saturated rings. The van der Waals surface area contributed by atoms with Gasteiger partial charge in [0.1, 0.15) is 0 Å². The molecule has 1 atom stereocenters. The van der Waals surface area contributed by atoms with Crippen molar-refractivity contribution in [3.63, 3.8) is 0 Å². The molecule has 122 valence electrons. The zero-order chi connectivity index (χ0) is 14.9. The molecule has 2 aliphatic rings. The Morgan fingerprint density at radius 1 is 1.24 bits per heavy atom. The maximum absolute atomic E-state index is 11.7. The molecule has 1 saturated heterocycles. The van der Waals surface area contributed by atoms with Gasteiger partial charge >= 0.3 is 0 Å². The van der Waals surface area contributed by atoms with Gasteiger partial charge in [-0.25, -0.2) is 0 Å². The van der Waals surface area contributed by atoms with Crippen LogP contribution in [0.3, 0.4) is 0 Å². The van der Waals surface area contributed by atoms with Crippen molar-refractivity contribution >= 4 is 5.91 Å². The lowest BCUT2D eigenvalue weighted by atomic mass is 9.94. The Bertz CT molecular complexity index is 298. The number of ether oxygens (including phenoxy) is 2. The maximum atomic E-state index is 11.7. The summed E-state index contributed by atoms with van der Waals surface area (Å²) in [4.78, 5) is 11.7. The number of hydrogen-bond donors (Lipinski definition) is 2. The molecule has 3 N–H and O–H groups in total. The van der Waals surface area contributed by atoms with Gasteiger partial charge in [-0.1, -0.05) is 0 Å². The molecule has 5 heteroatoms. The molecule has 5 nitrogen and oxygen atoms in total. The van der Waals surface area contributed by atoms with Crippen LogP contribution in [-0.4, -0.2) is 43.9 Å². The molecule has 1 aliphatic heterocycles. The summed E-state index contributed by atoms with van der Waals surface area (Å²) in [5.41, 5.74) is 5.87. The normalized spacial score (nSPS) is 29.5. The van der Waals surface area contributed by atoms with Crippen molar-refractivity contribution in [1.82, 2.24) is 5.32 Å². The van der Waals surface area contributed by atoms with Crippen molar-refractivity contribution in [2.24, 2.45) is 5.73 Å². The number of amides is 1. The molecule has 0 aromatic rings. The molecular weight excluding hydrogens is 268 g/mol. The molecule has 21 heavy (non-hydrogen) atoms. The van der Waals surface area contributed by atoms with E-state index < -0.39 is 0 Å². The van der Waals surface area contributed by atoms with Gasteiger partial charge in [0.15, 0.2) is 0 Å². The van der Waals surface area contributed by atoms with Crippen LogP contribution < -0.4 is 11.1 Å². The Morgan fingerprint density at radius 2 is 2.05 bits per heavy atom. The van der Waals surface area contributed by atoms with E-state index in [1.165, 1.54) is 0 Å². The van der Waals surface area contributed by atoms with Gasteiger partial charge in [-0.3, -0.25) is 4.79 Å². The SMILES string of the molecule is NC1CCC(OCCCNC(=O)CCC2CCCO2)CC1. The minimum atomic E-state index is 0.133. The molecular formula is C16H30N2O3.